The second-order valence-electron chi connectivity index (χ2n) is 11.7. The molecule has 50 heavy (non-hydrogen) atoms. The summed E-state index contributed by atoms with van der Waals surface area (Å²) in [5.74, 6) is -0.773. The lowest BCUT2D eigenvalue weighted by Crippen LogP contribution is -2.27. The van der Waals surface area contributed by atoms with Crippen molar-refractivity contribution in [2.75, 3.05) is 5.32 Å². The molecular weight excluding hydrogens is 677 g/mol. The topological polar surface area (TPSA) is 159 Å². The predicted octanol–water partition coefficient (Wildman–Crippen LogP) is 5.86. The standard InChI is InChI=1S/C33H26ClF3N10O3/c1-18-3-2-4-27(24-11-19(7-9-38-24)31-25(41-32(18)50)15-46(43-31)21-8-10-39-29(48)13-21)45-17-40-23(14-30(45)49)22-12-20(34)5-6-26(22)47-16-28(42-44-47)33(35,36)37/h5-18,27H,2-4H2,1H3,(H,39,48)(H,41,50)/t18-,27+/m1/s1. The average Bonchev–Trinajstić information content (AvgIpc) is 3.75. The molecule has 0 radical (unpaired) electrons. The normalized spacial score (nSPS) is 16.6. The summed E-state index contributed by atoms with van der Waals surface area (Å²) in [6.45, 7) is 1.82. The highest BCUT2D eigenvalue weighted by atomic mass is 35.5. The molecule has 1 aliphatic heterocycles. The summed E-state index contributed by atoms with van der Waals surface area (Å²) in [5, 5.41) is 24.8. The maximum atomic E-state index is 13.8. The number of benzene rings is 1. The summed E-state index contributed by atoms with van der Waals surface area (Å²) < 4.78 is 43.7. The lowest BCUT2D eigenvalue weighted by Gasteiger charge is -2.22. The summed E-state index contributed by atoms with van der Waals surface area (Å²) in [4.78, 5) is 40.0. The van der Waals surface area contributed by atoms with Crippen LogP contribution in [0.3, 0.4) is 0 Å². The van der Waals surface area contributed by atoms with E-state index in [0.717, 1.165) is 10.9 Å². The van der Waals surface area contributed by atoms with Crippen LogP contribution in [-0.4, -0.2) is 55.3 Å². The first-order valence-electron chi connectivity index (χ1n) is 15.3. The number of hydrogen-bond acceptors (Lipinski definition) is 9. The van der Waals surface area contributed by atoms with Gasteiger partial charge >= 0.3 is 6.18 Å². The van der Waals surface area contributed by atoms with Crippen LogP contribution in [0, 0.1) is 5.92 Å². The Morgan fingerprint density at radius 3 is 2.54 bits per heavy atom. The molecule has 254 valence electrons. The second-order valence-corrected chi connectivity index (χ2v) is 12.2. The molecular formula is C33H26ClF3N10O3. The van der Waals surface area contributed by atoms with Gasteiger partial charge in [-0.15, -0.1) is 5.10 Å². The summed E-state index contributed by atoms with van der Waals surface area (Å²) >= 11 is 6.26. The number of pyridine rings is 2. The van der Waals surface area contributed by atoms with Crippen molar-refractivity contribution in [2.45, 2.75) is 38.4 Å². The Labute approximate surface area is 286 Å². The molecule has 2 atom stereocenters. The van der Waals surface area contributed by atoms with Crippen molar-refractivity contribution < 1.29 is 23.1 Å². The van der Waals surface area contributed by atoms with Crippen molar-refractivity contribution in [2.24, 2.45) is 5.92 Å². The number of carbonyl (C=O) groups excluding carboxylic acids is 1. The number of nitrogens with one attached hydrogen (secondary N) is 1. The fourth-order valence-electron chi connectivity index (χ4n) is 5.79. The van der Waals surface area contributed by atoms with Crippen LogP contribution < -0.4 is 10.9 Å². The Hall–Kier alpha value is -5.90. The van der Waals surface area contributed by atoms with Crippen LogP contribution >= 0.6 is 11.6 Å². The first-order chi connectivity index (χ1) is 23.9. The van der Waals surface area contributed by atoms with Crippen LogP contribution in [0.15, 0.2) is 84.4 Å². The van der Waals surface area contributed by atoms with Crippen LogP contribution in [0.25, 0.3) is 33.9 Å². The number of anilines is 1. The number of nitrogens with zero attached hydrogens (tertiary/aromatic N) is 9. The van der Waals surface area contributed by atoms with Gasteiger partial charge in [0.15, 0.2) is 5.69 Å². The number of fused-ring (bicyclic) bond motifs is 4. The first-order valence-corrected chi connectivity index (χ1v) is 15.7. The van der Waals surface area contributed by atoms with Gasteiger partial charge in [0.1, 0.15) is 5.69 Å². The monoisotopic (exact) mass is 702 g/mol. The van der Waals surface area contributed by atoms with Gasteiger partial charge in [0.05, 0.1) is 53.2 Å². The molecule has 2 bridgehead atoms. The molecule has 0 aliphatic carbocycles. The summed E-state index contributed by atoms with van der Waals surface area (Å²) in [6, 6.07) is 11.7. The number of aromatic nitrogens is 9. The molecule has 17 heteroatoms. The number of carbonyl (C=O) groups is 1. The molecule has 0 saturated carbocycles. The lowest BCUT2D eigenvalue weighted by molar-refractivity contribution is -0.141. The smallest absolute Gasteiger partial charge is 0.436 e. The number of hydrogen-bond donors (Lipinski definition) is 2. The molecule has 6 aromatic rings. The minimum Gasteiger partial charge on any atom is -0.493 e. The fraction of sp³-hybridized carbons (Fsp3) is 0.212. The van der Waals surface area contributed by atoms with E-state index in [1.165, 1.54) is 52.1 Å². The third kappa shape index (κ3) is 6.44. The molecule has 2 N–H and O–H groups in total. The van der Waals surface area contributed by atoms with Crippen LogP contribution in [0.5, 0.6) is 5.88 Å². The minimum absolute atomic E-state index is 0.158. The molecule has 0 unspecified atom stereocenters. The molecule has 5 aromatic heterocycles. The molecule has 1 aliphatic rings. The van der Waals surface area contributed by atoms with Gasteiger partial charge in [-0.25, -0.2) is 19.3 Å². The van der Waals surface area contributed by atoms with Gasteiger partial charge in [-0.3, -0.25) is 19.1 Å². The average molecular weight is 703 g/mol. The quantitative estimate of drug-likeness (QED) is 0.230. The first kappa shape index (κ1) is 32.6. The van der Waals surface area contributed by atoms with E-state index in [1.807, 2.05) is 6.92 Å². The largest absolute Gasteiger partial charge is 0.493 e. The van der Waals surface area contributed by atoms with Crippen LogP contribution in [0.2, 0.25) is 5.02 Å². The summed E-state index contributed by atoms with van der Waals surface area (Å²) in [7, 11) is 0. The molecule has 1 aromatic carbocycles. The lowest BCUT2D eigenvalue weighted by atomic mass is 9.97. The van der Waals surface area contributed by atoms with Gasteiger partial charge in [-0.05, 0) is 49.2 Å². The van der Waals surface area contributed by atoms with Gasteiger partial charge in [0, 0.05) is 46.6 Å². The summed E-state index contributed by atoms with van der Waals surface area (Å²) in [5.41, 5.74) is 1.56. The minimum atomic E-state index is -4.70. The van der Waals surface area contributed by atoms with E-state index >= 15 is 0 Å². The second kappa shape index (κ2) is 12.9. The van der Waals surface area contributed by atoms with E-state index in [-0.39, 0.29) is 39.7 Å². The van der Waals surface area contributed by atoms with Crippen molar-refractivity contribution >= 4 is 23.2 Å². The zero-order valence-electron chi connectivity index (χ0n) is 26.1. The fourth-order valence-corrected chi connectivity index (χ4v) is 5.96. The molecule has 0 spiro atoms. The van der Waals surface area contributed by atoms with Crippen LogP contribution in [-0.2, 0) is 11.0 Å². The third-order valence-electron chi connectivity index (χ3n) is 8.36. The number of rotatable bonds is 4. The van der Waals surface area contributed by atoms with E-state index in [0.29, 0.717) is 47.6 Å². The molecule has 7 rings (SSSR count). The highest BCUT2D eigenvalue weighted by Crippen LogP contribution is 2.34. The zero-order chi connectivity index (χ0) is 35.2. The highest BCUT2D eigenvalue weighted by molar-refractivity contribution is 6.31. The zero-order valence-corrected chi connectivity index (χ0v) is 26.8. The Morgan fingerprint density at radius 2 is 1.78 bits per heavy atom. The van der Waals surface area contributed by atoms with Gasteiger partial charge in [-0.2, -0.15) is 18.3 Å². The Morgan fingerprint density at radius 1 is 0.960 bits per heavy atom. The van der Waals surface area contributed by atoms with E-state index in [9.17, 15) is 27.9 Å². The molecule has 6 heterocycles. The van der Waals surface area contributed by atoms with Crippen LogP contribution in [0.4, 0.5) is 18.9 Å². The Balaban J connectivity index is 1.29. The SMILES string of the molecule is C[C@@H]1CCC[C@H](n2cnc(-c3cc(Cl)ccc3-n3cc(C(F)(F)F)nn3)cc2=O)c2cc(ccn2)-c2nn(-c3ccnc(O)c3)cc2NC1=O. The van der Waals surface area contributed by atoms with Gasteiger partial charge < -0.3 is 10.4 Å². The van der Waals surface area contributed by atoms with E-state index in [1.54, 1.807) is 30.6 Å². The molecule has 1 amide bonds. The summed E-state index contributed by atoms with van der Waals surface area (Å²) in [6.07, 6.45) is 3.60. The van der Waals surface area contributed by atoms with Crippen LogP contribution in [0.1, 0.15) is 43.6 Å². The van der Waals surface area contributed by atoms with Crippen molar-refractivity contribution in [3.8, 4) is 39.8 Å². The molecule has 0 saturated heterocycles. The van der Waals surface area contributed by atoms with Crippen molar-refractivity contribution in [1.29, 1.82) is 0 Å². The van der Waals surface area contributed by atoms with Crippen molar-refractivity contribution in [3.05, 3.63) is 106 Å². The third-order valence-corrected chi connectivity index (χ3v) is 8.60. The van der Waals surface area contributed by atoms with Gasteiger partial charge in [0.25, 0.3) is 5.56 Å². The van der Waals surface area contributed by atoms with E-state index < -0.39 is 23.5 Å². The number of halogens is 4. The van der Waals surface area contributed by atoms with Gasteiger partial charge in [-0.1, -0.05) is 30.2 Å². The maximum absolute atomic E-state index is 13.8. The van der Waals surface area contributed by atoms with Crippen molar-refractivity contribution in [1.82, 2.24) is 44.3 Å². The highest BCUT2D eigenvalue weighted by Gasteiger charge is 2.35. The number of amides is 1. The van der Waals surface area contributed by atoms with E-state index in [4.69, 9.17) is 16.7 Å². The predicted molar refractivity (Wildman–Crippen MR) is 175 cm³/mol. The maximum Gasteiger partial charge on any atom is 0.436 e. The molecule has 13 nitrogen and oxygen atoms in total. The number of aromatic hydroxyl groups is 1. The van der Waals surface area contributed by atoms with Crippen molar-refractivity contribution in [3.63, 3.8) is 0 Å². The number of alkyl halides is 3. The van der Waals surface area contributed by atoms with E-state index in [2.05, 4.69) is 30.6 Å². The molecule has 0 fully saturated rings. The Kier molecular flexibility index (Phi) is 8.39. The van der Waals surface area contributed by atoms with Gasteiger partial charge in [0.2, 0.25) is 11.8 Å². The Bertz CT molecular complexity index is 2300.